The van der Waals surface area contributed by atoms with Crippen LogP contribution in [-0.4, -0.2) is 19.2 Å². The van der Waals surface area contributed by atoms with Gasteiger partial charge in [0.1, 0.15) is 5.75 Å². The molecule has 0 fully saturated rings. The third-order valence-corrected chi connectivity index (χ3v) is 4.29. The van der Waals surface area contributed by atoms with Gasteiger partial charge < -0.3 is 10.0 Å². The van der Waals surface area contributed by atoms with Crippen molar-refractivity contribution in [2.24, 2.45) is 0 Å². The summed E-state index contributed by atoms with van der Waals surface area (Å²) in [5, 5.41) is 12.6. The van der Waals surface area contributed by atoms with E-state index >= 15 is 0 Å². The molecule has 0 aromatic heterocycles. The number of halogens is 1. The third-order valence-electron chi connectivity index (χ3n) is 3.62. The predicted molar refractivity (Wildman–Crippen MR) is 98.1 cm³/mol. The fraction of sp³-hybridized carbons (Fsp3) is 0.111. The average molecular weight is 389 g/mol. The van der Waals surface area contributed by atoms with Crippen molar-refractivity contribution in [2.75, 3.05) is 19.0 Å². The van der Waals surface area contributed by atoms with E-state index in [2.05, 4.69) is 57.8 Å². The molecule has 0 atom stereocenters. The van der Waals surface area contributed by atoms with Gasteiger partial charge in [-0.15, -0.1) is 0 Å². The van der Waals surface area contributed by atoms with Crippen LogP contribution < -0.4 is 4.90 Å². The van der Waals surface area contributed by atoms with E-state index in [1.165, 1.54) is 0 Å². The van der Waals surface area contributed by atoms with Crippen LogP contribution in [0.5, 0.6) is 5.75 Å². The molecule has 0 aliphatic rings. The molecule has 0 radical (unpaired) electrons. The largest absolute Gasteiger partial charge is 0.507 e. The summed E-state index contributed by atoms with van der Waals surface area (Å²) in [6, 6.07) is 18.2. The first-order valence-electron chi connectivity index (χ1n) is 6.76. The molecule has 0 aliphatic heterocycles. The minimum atomic E-state index is 0.318. The van der Waals surface area contributed by atoms with E-state index < -0.39 is 0 Å². The number of anilines is 1. The molecular weight excluding hydrogens is 373 g/mol. The van der Waals surface area contributed by atoms with Gasteiger partial charge in [-0.25, -0.2) is 0 Å². The fourth-order valence-electron chi connectivity index (χ4n) is 2.64. The number of rotatable bonds is 2. The lowest BCUT2D eigenvalue weighted by atomic mass is 9.95. The summed E-state index contributed by atoms with van der Waals surface area (Å²) in [5.41, 5.74) is 3.05. The van der Waals surface area contributed by atoms with Crippen LogP contribution in [-0.2, 0) is 0 Å². The first-order valence-corrected chi connectivity index (χ1v) is 7.84. The zero-order valence-electron chi connectivity index (χ0n) is 12.0. The summed E-state index contributed by atoms with van der Waals surface area (Å²) in [5.74, 6) is 0.318. The normalized spacial score (nSPS) is 10.8. The van der Waals surface area contributed by atoms with Crippen LogP contribution in [0.4, 0.5) is 5.69 Å². The predicted octanol–water partition coefficient (Wildman–Crippen LogP) is 4.88. The van der Waals surface area contributed by atoms with Gasteiger partial charge in [0.25, 0.3) is 0 Å². The molecule has 0 amide bonds. The number of hydrogen-bond donors (Lipinski definition) is 1. The van der Waals surface area contributed by atoms with Crippen LogP contribution >= 0.6 is 22.6 Å². The van der Waals surface area contributed by atoms with Crippen molar-refractivity contribution in [3.05, 3.63) is 58.2 Å². The van der Waals surface area contributed by atoms with E-state index in [1.807, 2.05) is 32.3 Å². The summed E-state index contributed by atoms with van der Waals surface area (Å²) in [6.45, 7) is 0. The third kappa shape index (κ3) is 2.58. The van der Waals surface area contributed by atoms with Crippen LogP contribution in [0.2, 0.25) is 0 Å². The molecule has 1 N–H and O–H groups in total. The van der Waals surface area contributed by atoms with E-state index in [9.17, 15) is 5.11 Å². The second kappa shape index (κ2) is 5.56. The van der Waals surface area contributed by atoms with Crippen molar-refractivity contribution < 1.29 is 5.11 Å². The van der Waals surface area contributed by atoms with Crippen molar-refractivity contribution in [2.45, 2.75) is 0 Å². The van der Waals surface area contributed by atoms with E-state index in [-0.39, 0.29) is 0 Å². The first kappa shape index (κ1) is 14.2. The molecule has 0 bridgehead atoms. The lowest BCUT2D eigenvalue weighted by Crippen LogP contribution is -2.10. The second-order valence-corrected chi connectivity index (χ2v) is 6.48. The molecule has 2 nitrogen and oxygen atoms in total. The Hall–Kier alpha value is -1.75. The molecule has 3 aromatic carbocycles. The van der Waals surface area contributed by atoms with Gasteiger partial charge >= 0.3 is 0 Å². The maximum Gasteiger partial charge on any atom is 0.124 e. The van der Waals surface area contributed by atoms with Gasteiger partial charge in [0.05, 0.1) is 0 Å². The Kier molecular flexibility index (Phi) is 3.76. The highest BCUT2D eigenvalue weighted by molar-refractivity contribution is 14.1. The molecular formula is C18H16INO. The van der Waals surface area contributed by atoms with Gasteiger partial charge in [0.2, 0.25) is 0 Å². The molecule has 21 heavy (non-hydrogen) atoms. The summed E-state index contributed by atoms with van der Waals surface area (Å²) in [6.07, 6.45) is 0. The summed E-state index contributed by atoms with van der Waals surface area (Å²) in [7, 11) is 4.04. The summed E-state index contributed by atoms with van der Waals surface area (Å²) in [4.78, 5) is 2.08. The number of phenolic OH excluding ortho intramolecular Hbond substituents is 1. The Bertz CT molecular complexity index is 811. The van der Waals surface area contributed by atoms with Gasteiger partial charge in [-0.2, -0.15) is 0 Å². The van der Waals surface area contributed by atoms with E-state index in [1.54, 1.807) is 6.07 Å². The van der Waals surface area contributed by atoms with Crippen molar-refractivity contribution in [1.82, 2.24) is 0 Å². The van der Waals surface area contributed by atoms with Crippen molar-refractivity contribution >= 4 is 39.1 Å². The lowest BCUT2D eigenvalue weighted by molar-refractivity contribution is 0.478. The number of nitrogens with zero attached hydrogens (tertiary/aromatic N) is 1. The Morgan fingerprint density at radius 3 is 2.48 bits per heavy atom. The maximum atomic E-state index is 10.4. The number of phenols is 1. The number of hydrogen-bond acceptors (Lipinski definition) is 2. The number of fused-ring (bicyclic) bond motifs is 1. The maximum absolute atomic E-state index is 10.4. The molecule has 0 aliphatic carbocycles. The number of benzene rings is 3. The molecule has 0 heterocycles. The van der Waals surface area contributed by atoms with Crippen molar-refractivity contribution in [1.29, 1.82) is 0 Å². The molecule has 0 unspecified atom stereocenters. The van der Waals surface area contributed by atoms with Gasteiger partial charge in [0.15, 0.2) is 0 Å². The van der Waals surface area contributed by atoms with Gasteiger partial charge in [-0.05, 0) is 57.6 Å². The summed E-state index contributed by atoms with van der Waals surface area (Å²) < 4.78 is 1.15. The van der Waals surface area contributed by atoms with Crippen LogP contribution in [0.3, 0.4) is 0 Å². The Morgan fingerprint density at radius 1 is 0.952 bits per heavy atom. The van der Waals surface area contributed by atoms with Crippen LogP contribution in [0.15, 0.2) is 54.6 Å². The van der Waals surface area contributed by atoms with Crippen LogP contribution in [0.1, 0.15) is 0 Å². The highest BCUT2D eigenvalue weighted by Gasteiger charge is 2.14. The quantitative estimate of drug-likeness (QED) is 0.632. The topological polar surface area (TPSA) is 23.5 Å². The summed E-state index contributed by atoms with van der Waals surface area (Å²) >= 11 is 2.31. The molecule has 0 saturated carbocycles. The molecule has 3 aromatic rings. The Balaban J connectivity index is 2.40. The van der Waals surface area contributed by atoms with Crippen LogP contribution in [0.25, 0.3) is 21.9 Å². The number of aromatic hydroxyl groups is 1. The van der Waals surface area contributed by atoms with E-state index in [0.717, 1.165) is 31.2 Å². The first-order chi connectivity index (χ1) is 10.1. The molecule has 3 rings (SSSR count). The zero-order valence-corrected chi connectivity index (χ0v) is 14.1. The molecule has 106 valence electrons. The fourth-order valence-corrected chi connectivity index (χ4v) is 3.13. The highest BCUT2D eigenvalue weighted by atomic mass is 127. The molecule has 0 spiro atoms. The molecule has 0 saturated heterocycles. The minimum Gasteiger partial charge on any atom is -0.507 e. The average Bonchev–Trinajstić information content (AvgIpc) is 2.46. The Morgan fingerprint density at radius 2 is 1.71 bits per heavy atom. The Labute approximate surface area is 138 Å². The van der Waals surface area contributed by atoms with Crippen molar-refractivity contribution in [3.8, 4) is 16.9 Å². The van der Waals surface area contributed by atoms with E-state index in [0.29, 0.717) is 5.75 Å². The lowest BCUT2D eigenvalue weighted by Gasteiger charge is -2.20. The van der Waals surface area contributed by atoms with Gasteiger partial charge in [-0.1, -0.05) is 30.3 Å². The second-order valence-electron chi connectivity index (χ2n) is 5.24. The SMILES string of the molecule is CN(C)c1ccc(I)cc1-c1c(O)ccc2ccccc12. The standard InChI is InChI=1S/C18H16INO/c1-20(2)16-9-8-13(19)11-15(16)18-14-6-4-3-5-12(14)7-10-17(18)21/h3-11,21H,1-2H3. The zero-order chi connectivity index (χ0) is 15.0. The minimum absolute atomic E-state index is 0.318. The van der Waals surface area contributed by atoms with Crippen LogP contribution in [0, 0.1) is 3.57 Å². The smallest absolute Gasteiger partial charge is 0.124 e. The monoisotopic (exact) mass is 389 g/mol. The highest BCUT2D eigenvalue weighted by Crippen LogP contribution is 2.41. The van der Waals surface area contributed by atoms with Crippen molar-refractivity contribution in [3.63, 3.8) is 0 Å². The van der Waals surface area contributed by atoms with Gasteiger partial charge in [-0.3, -0.25) is 0 Å². The van der Waals surface area contributed by atoms with Gasteiger partial charge in [0, 0.05) is 34.5 Å². The molecule has 3 heteroatoms. The van der Waals surface area contributed by atoms with E-state index in [4.69, 9.17) is 0 Å².